The first-order chi connectivity index (χ1) is 30.4. The van der Waals surface area contributed by atoms with E-state index in [1.165, 1.54) is 19.1 Å². The summed E-state index contributed by atoms with van der Waals surface area (Å²) < 4.78 is 9.62. The summed E-state index contributed by atoms with van der Waals surface area (Å²) in [6.45, 7) is 9.98. The van der Waals surface area contributed by atoms with Gasteiger partial charge in [-0.2, -0.15) is 5.26 Å². The van der Waals surface area contributed by atoms with Gasteiger partial charge in [-0.15, -0.1) is 0 Å². The zero-order chi connectivity index (χ0) is 45.7. The maximum Gasteiger partial charge on any atom is 0.407 e. The molecule has 334 valence electrons. The molecule has 4 heterocycles. The van der Waals surface area contributed by atoms with Crippen LogP contribution in [0.25, 0.3) is 44.4 Å². The molecule has 3 aliphatic rings. The van der Waals surface area contributed by atoms with Crippen LogP contribution in [0.15, 0.2) is 73.1 Å². The van der Waals surface area contributed by atoms with E-state index in [4.69, 9.17) is 20.2 Å². The van der Waals surface area contributed by atoms with E-state index in [0.29, 0.717) is 12.4 Å². The fourth-order valence-electron chi connectivity index (χ4n) is 9.17. The van der Waals surface area contributed by atoms with E-state index in [-0.39, 0.29) is 42.2 Å². The molecule has 16 heteroatoms. The van der Waals surface area contributed by atoms with Gasteiger partial charge >= 0.3 is 12.2 Å². The predicted octanol–water partition coefficient (Wildman–Crippen LogP) is 6.99. The van der Waals surface area contributed by atoms with Gasteiger partial charge in [0.25, 0.3) is 0 Å². The van der Waals surface area contributed by atoms with E-state index in [1.807, 2.05) is 70.0 Å². The van der Waals surface area contributed by atoms with Gasteiger partial charge in [0, 0.05) is 18.5 Å². The highest BCUT2D eigenvalue weighted by molar-refractivity contribution is 5.91. The Balaban J connectivity index is 0.973. The van der Waals surface area contributed by atoms with Crippen LogP contribution in [0.5, 0.6) is 0 Å². The molecule has 2 aromatic heterocycles. The summed E-state index contributed by atoms with van der Waals surface area (Å²) in [5.41, 5.74) is 10.1. The van der Waals surface area contributed by atoms with E-state index in [1.54, 1.807) is 6.20 Å². The number of hydrogen-bond donors (Lipinski definition) is 5. The molecule has 4 amide bonds. The van der Waals surface area contributed by atoms with Crippen molar-refractivity contribution in [3.8, 4) is 39.7 Å². The molecule has 2 saturated heterocycles. The number of likely N-dealkylation sites (tertiary alicyclic amines) is 2. The van der Waals surface area contributed by atoms with Crippen molar-refractivity contribution in [1.82, 2.24) is 40.4 Å². The van der Waals surface area contributed by atoms with Crippen LogP contribution >= 0.6 is 0 Å². The van der Waals surface area contributed by atoms with Gasteiger partial charge in [-0.05, 0) is 75.6 Å². The molecule has 64 heavy (non-hydrogen) atoms. The number of nitrogens with zero attached hydrogens (tertiary/aromatic N) is 5. The lowest BCUT2D eigenvalue weighted by Gasteiger charge is -2.35. The lowest BCUT2D eigenvalue weighted by Crippen LogP contribution is -2.55. The number of nitriles is 1. The number of H-pyrrole nitrogens is 2. The normalized spacial score (nSPS) is 21.1. The highest BCUT2D eigenvalue weighted by Crippen LogP contribution is 2.58. The summed E-state index contributed by atoms with van der Waals surface area (Å²) in [7, 11) is 2.54. The van der Waals surface area contributed by atoms with Crippen LogP contribution in [0.1, 0.15) is 84.0 Å². The summed E-state index contributed by atoms with van der Waals surface area (Å²) >= 11 is 0. The number of aromatic amines is 2. The number of methoxy groups -OCH3 is 2. The van der Waals surface area contributed by atoms with Crippen LogP contribution in [-0.4, -0.2) is 98.7 Å². The number of amides is 4. The summed E-state index contributed by atoms with van der Waals surface area (Å²) in [5, 5.41) is 17.5. The number of ether oxygens (including phenoxy) is 2. The van der Waals surface area contributed by atoms with Gasteiger partial charge in [0.05, 0.1) is 62.7 Å². The topological polar surface area (TPSA) is 224 Å². The zero-order valence-corrected chi connectivity index (χ0v) is 37.3. The van der Waals surface area contributed by atoms with Crippen molar-refractivity contribution in [3.05, 3.63) is 84.7 Å². The minimum atomic E-state index is -1.29. The average Bonchev–Trinajstić information content (AvgIpc) is 3.73. The SMILES string of the molecule is COC(=O)N[C@H](C(=O)N1CC2(CC2)C[C@H]1c1ncc(-c2ccc3cc(-c4ccc(-c5cnc([C@@H]6C[C@](N)(C#N)CN6C(=O)[C@@H](NC(=O)OC)C(C)(C)C)[nH]5)cc4)ccc3c2)[nH]1)C(C)C. The smallest absolute Gasteiger partial charge is 0.407 e. The fraction of sp³-hybridized carbons (Fsp3) is 0.438. The Bertz CT molecular complexity index is 2640. The number of nitrogens with two attached hydrogens (primary N) is 1. The molecular formula is C48H56N10O6. The number of fused-ring (bicyclic) bond motifs is 1. The number of nitrogens with one attached hydrogen (secondary N) is 4. The Morgan fingerprint density at radius 2 is 1.28 bits per heavy atom. The summed E-state index contributed by atoms with van der Waals surface area (Å²) in [4.78, 5) is 72.1. The monoisotopic (exact) mass is 868 g/mol. The number of imidazole rings is 2. The number of rotatable bonds is 10. The van der Waals surface area contributed by atoms with Crippen molar-refractivity contribution in [1.29, 1.82) is 5.26 Å². The molecule has 0 bridgehead atoms. The minimum Gasteiger partial charge on any atom is -0.453 e. The summed E-state index contributed by atoms with van der Waals surface area (Å²) in [6, 6.07) is 20.5. The van der Waals surface area contributed by atoms with E-state index >= 15 is 0 Å². The highest BCUT2D eigenvalue weighted by Gasteiger charge is 2.55. The Hall–Kier alpha value is -6.73. The third kappa shape index (κ3) is 8.64. The highest BCUT2D eigenvalue weighted by atomic mass is 16.5. The number of hydrogen-bond acceptors (Lipinski definition) is 10. The van der Waals surface area contributed by atoms with E-state index < -0.39 is 41.3 Å². The van der Waals surface area contributed by atoms with E-state index in [9.17, 15) is 24.4 Å². The molecule has 2 aliphatic heterocycles. The van der Waals surface area contributed by atoms with Crippen molar-refractivity contribution in [2.45, 2.75) is 90.0 Å². The standard InChI is InChI=1S/C48H56N10O6/c1-27(2)38(55-44(61)63-6)42(59)57-25-47(16-17-47)20-36(57)40-52-23-35(54-40)33-15-14-31-18-30(12-13-32(31)19-33)28-8-10-29(11-9-28)34-22-51-41(53-34)37-21-48(50,24-49)26-58(37)43(60)39(46(3,4)5)56-45(62)64-7/h8-15,18-19,22-23,27,36-39H,16-17,20-21,25-26,50H2,1-7H3,(H,51,53)(H,52,54)(H,55,61)(H,56,62)/t36-,37-,38-,39+,48-/m0/s1. The minimum absolute atomic E-state index is 0.0214. The van der Waals surface area contributed by atoms with Gasteiger partial charge in [0.15, 0.2) is 0 Å². The molecule has 16 nitrogen and oxygen atoms in total. The Morgan fingerprint density at radius 1 is 0.766 bits per heavy atom. The van der Waals surface area contributed by atoms with Crippen LogP contribution in [0.2, 0.25) is 0 Å². The molecule has 1 saturated carbocycles. The molecule has 5 atom stereocenters. The van der Waals surface area contributed by atoms with Crippen LogP contribution in [0, 0.1) is 28.1 Å². The maximum atomic E-state index is 14.0. The third-order valence-electron chi connectivity index (χ3n) is 13.1. The first-order valence-corrected chi connectivity index (χ1v) is 21.7. The first kappa shape index (κ1) is 43.9. The second-order valence-electron chi connectivity index (χ2n) is 19.2. The molecular weight excluding hydrogens is 813 g/mol. The zero-order valence-electron chi connectivity index (χ0n) is 37.3. The maximum absolute atomic E-state index is 14.0. The first-order valence-electron chi connectivity index (χ1n) is 21.7. The molecule has 1 spiro atoms. The van der Waals surface area contributed by atoms with Gasteiger partial charge in [0.1, 0.15) is 29.3 Å². The largest absolute Gasteiger partial charge is 0.453 e. The molecule has 1 aliphatic carbocycles. The summed E-state index contributed by atoms with van der Waals surface area (Å²) in [6.07, 6.45) is 5.33. The van der Waals surface area contributed by atoms with Crippen molar-refractivity contribution < 1.29 is 28.7 Å². The number of aromatic nitrogens is 4. The van der Waals surface area contributed by atoms with Crippen LogP contribution in [0.4, 0.5) is 9.59 Å². The third-order valence-corrected chi connectivity index (χ3v) is 13.1. The number of alkyl carbamates (subject to hydrolysis) is 2. The lowest BCUT2D eigenvalue weighted by atomic mass is 9.85. The van der Waals surface area contributed by atoms with Crippen molar-refractivity contribution in [2.24, 2.45) is 22.5 Å². The molecule has 0 radical (unpaired) electrons. The molecule has 5 aromatic rings. The van der Waals surface area contributed by atoms with Crippen LogP contribution < -0.4 is 16.4 Å². The van der Waals surface area contributed by atoms with Gasteiger partial charge in [-0.25, -0.2) is 19.6 Å². The molecule has 3 fully saturated rings. The Kier molecular flexibility index (Phi) is 11.5. The lowest BCUT2D eigenvalue weighted by molar-refractivity contribution is -0.137. The second-order valence-corrected chi connectivity index (χ2v) is 19.2. The number of carbonyl (C=O) groups is 4. The quantitative estimate of drug-likeness (QED) is 0.0968. The molecule has 3 aromatic carbocycles. The molecule has 8 rings (SSSR count). The van der Waals surface area contributed by atoms with Gasteiger partial charge in [-0.3, -0.25) is 9.59 Å². The van der Waals surface area contributed by atoms with Crippen molar-refractivity contribution in [2.75, 3.05) is 27.3 Å². The van der Waals surface area contributed by atoms with Crippen molar-refractivity contribution in [3.63, 3.8) is 0 Å². The van der Waals surface area contributed by atoms with Gasteiger partial charge in [0.2, 0.25) is 11.8 Å². The predicted molar refractivity (Wildman–Crippen MR) is 240 cm³/mol. The Labute approximate surface area is 372 Å². The average molecular weight is 869 g/mol. The second kappa shape index (κ2) is 16.8. The van der Waals surface area contributed by atoms with Gasteiger partial charge < -0.3 is 45.6 Å². The summed E-state index contributed by atoms with van der Waals surface area (Å²) in [5.74, 6) is 0.614. The molecule has 0 unspecified atom stereocenters. The fourth-order valence-corrected chi connectivity index (χ4v) is 9.17. The van der Waals surface area contributed by atoms with Gasteiger partial charge in [-0.1, -0.05) is 83.1 Å². The van der Waals surface area contributed by atoms with E-state index in [2.05, 4.69) is 68.1 Å². The Morgan fingerprint density at radius 3 is 1.84 bits per heavy atom. The van der Waals surface area contributed by atoms with Crippen molar-refractivity contribution >= 4 is 34.8 Å². The number of carbonyl (C=O) groups excluding carboxylic acids is 4. The number of benzene rings is 3. The van der Waals surface area contributed by atoms with Crippen LogP contribution in [-0.2, 0) is 19.1 Å². The van der Waals surface area contributed by atoms with E-state index in [0.717, 1.165) is 69.5 Å². The van der Waals surface area contributed by atoms with Crippen LogP contribution in [0.3, 0.4) is 0 Å². The molecule has 6 N–H and O–H groups in total.